The number of fused-ring (bicyclic) bond motifs is 1. The van der Waals surface area contributed by atoms with Gasteiger partial charge in [0.2, 0.25) is 5.91 Å². The van der Waals surface area contributed by atoms with Crippen LogP contribution in [0, 0.1) is 11.8 Å². The molecule has 0 unspecified atom stereocenters. The van der Waals surface area contributed by atoms with Crippen molar-refractivity contribution in [1.29, 1.82) is 0 Å². The minimum absolute atomic E-state index is 0.0176. The lowest BCUT2D eigenvalue weighted by Crippen LogP contribution is -2.44. The summed E-state index contributed by atoms with van der Waals surface area (Å²) >= 11 is 0. The molecule has 0 saturated heterocycles. The zero-order valence-corrected chi connectivity index (χ0v) is 18.8. The quantitative estimate of drug-likeness (QED) is 0.669. The van der Waals surface area contributed by atoms with Crippen LogP contribution in [0.2, 0.25) is 0 Å². The average Bonchev–Trinajstić information content (AvgIpc) is 2.72. The summed E-state index contributed by atoms with van der Waals surface area (Å²) in [5, 5.41) is 3.41. The molecule has 1 heterocycles. The molecule has 8 nitrogen and oxygen atoms in total. The molecule has 3 atom stereocenters. The van der Waals surface area contributed by atoms with Crippen LogP contribution in [0.15, 0.2) is 21.7 Å². The summed E-state index contributed by atoms with van der Waals surface area (Å²) in [7, 11) is 0. The Morgan fingerprint density at radius 3 is 2.48 bits per heavy atom. The number of hydrogen-bond acceptors (Lipinski definition) is 5. The molecule has 3 rings (SSSR count). The molecule has 0 radical (unpaired) electrons. The first-order chi connectivity index (χ1) is 14.8. The van der Waals surface area contributed by atoms with Gasteiger partial charge in [-0.2, -0.15) is 0 Å². The standard InChI is InChI=1S/C23H33N3O5/c1-5-30-19-12-16-18(13-20(19)31-6-2)25-23(29)26(22(16)28)11-10-21(27)24-17-9-7-8-14(3)15(17)4/h12-15,17H,5-11H2,1-4H3,(H,24,27)(H,25,29)/t14-,15-,17-/m1/s1. The Balaban J connectivity index is 1.80. The minimum atomic E-state index is -0.545. The number of hydrogen-bond donors (Lipinski definition) is 2. The minimum Gasteiger partial charge on any atom is -0.490 e. The highest BCUT2D eigenvalue weighted by Crippen LogP contribution is 2.31. The fraction of sp³-hybridized carbons (Fsp3) is 0.609. The summed E-state index contributed by atoms with van der Waals surface area (Å²) in [6.07, 6.45) is 3.33. The van der Waals surface area contributed by atoms with Crippen LogP contribution in [-0.4, -0.2) is 34.7 Å². The van der Waals surface area contributed by atoms with E-state index in [2.05, 4.69) is 24.1 Å². The highest BCUT2D eigenvalue weighted by atomic mass is 16.5. The van der Waals surface area contributed by atoms with Gasteiger partial charge in [-0.1, -0.05) is 26.7 Å². The van der Waals surface area contributed by atoms with Gasteiger partial charge < -0.3 is 19.8 Å². The van der Waals surface area contributed by atoms with E-state index in [9.17, 15) is 14.4 Å². The number of H-pyrrole nitrogens is 1. The van der Waals surface area contributed by atoms with Gasteiger partial charge in [0, 0.05) is 25.1 Å². The number of carbonyl (C=O) groups is 1. The van der Waals surface area contributed by atoms with Crippen LogP contribution in [-0.2, 0) is 11.3 Å². The van der Waals surface area contributed by atoms with Crippen LogP contribution in [0.1, 0.15) is 53.4 Å². The van der Waals surface area contributed by atoms with Crippen molar-refractivity contribution < 1.29 is 14.3 Å². The van der Waals surface area contributed by atoms with Crippen LogP contribution in [0.4, 0.5) is 0 Å². The number of benzene rings is 1. The van der Waals surface area contributed by atoms with Gasteiger partial charge in [0.15, 0.2) is 11.5 Å². The van der Waals surface area contributed by atoms with E-state index in [0.29, 0.717) is 47.5 Å². The second kappa shape index (κ2) is 10.0. The van der Waals surface area contributed by atoms with Crippen molar-refractivity contribution in [3.05, 3.63) is 33.0 Å². The molecular weight excluding hydrogens is 398 g/mol. The molecule has 2 aromatic rings. The van der Waals surface area contributed by atoms with E-state index in [-0.39, 0.29) is 24.9 Å². The smallest absolute Gasteiger partial charge is 0.328 e. The Kier molecular flexibility index (Phi) is 7.41. The first-order valence-corrected chi connectivity index (χ1v) is 11.2. The van der Waals surface area contributed by atoms with E-state index in [0.717, 1.165) is 17.4 Å². The maximum atomic E-state index is 13.0. The third-order valence-corrected chi connectivity index (χ3v) is 6.26. The second-order valence-corrected chi connectivity index (χ2v) is 8.29. The fourth-order valence-corrected chi connectivity index (χ4v) is 4.28. The number of aromatic nitrogens is 2. The number of aromatic amines is 1. The molecule has 170 valence electrons. The van der Waals surface area contributed by atoms with E-state index in [4.69, 9.17) is 9.47 Å². The highest BCUT2D eigenvalue weighted by Gasteiger charge is 2.28. The molecule has 0 aliphatic heterocycles. The van der Waals surface area contributed by atoms with Crippen molar-refractivity contribution in [2.75, 3.05) is 13.2 Å². The number of ether oxygens (including phenoxy) is 2. The van der Waals surface area contributed by atoms with Crippen LogP contribution >= 0.6 is 0 Å². The lowest BCUT2D eigenvalue weighted by atomic mass is 9.78. The molecule has 1 aliphatic carbocycles. The van der Waals surface area contributed by atoms with Gasteiger partial charge in [-0.05, 0) is 38.2 Å². The van der Waals surface area contributed by atoms with Crippen LogP contribution in [0.5, 0.6) is 11.5 Å². The maximum absolute atomic E-state index is 13.0. The third kappa shape index (κ3) is 5.11. The van der Waals surface area contributed by atoms with E-state index in [1.165, 1.54) is 6.42 Å². The predicted molar refractivity (Wildman–Crippen MR) is 120 cm³/mol. The van der Waals surface area contributed by atoms with E-state index >= 15 is 0 Å². The van der Waals surface area contributed by atoms with Gasteiger partial charge >= 0.3 is 5.69 Å². The predicted octanol–water partition coefficient (Wildman–Crippen LogP) is 2.82. The van der Waals surface area contributed by atoms with Crippen molar-refractivity contribution in [2.45, 2.75) is 66.0 Å². The van der Waals surface area contributed by atoms with Crippen molar-refractivity contribution >= 4 is 16.8 Å². The summed E-state index contributed by atoms with van der Waals surface area (Å²) in [5.41, 5.74) is -0.612. The maximum Gasteiger partial charge on any atom is 0.328 e. The molecule has 8 heteroatoms. The average molecular weight is 432 g/mol. The number of carbonyl (C=O) groups excluding carboxylic acids is 1. The Morgan fingerprint density at radius 1 is 1.13 bits per heavy atom. The van der Waals surface area contributed by atoms with Gasteiger partial charge in [0.1, 0.15) is 0 Å². The molecule has 1 amide bonds. The number of rotatable bonds is 8. The lowest BCUT2D eigenvalue weighted by molar-refractivity contribution is -0.122. The summed E-state index contributed by atoms with van der Waals surface area (Å²) in [6, 6.07) is 3.34. The lowest BCUT2D eigenvalue weighted by Gasteiger charge is -2.34. The van der Waals surface area contributed by atoms with Gasteiger partial charge in [-0.15, -0.1) is 0 Å². The molecule has 1 fully saturated rings. The molecule has 31 heavy (non-hydrogen) atoms. The second-order valence-electron chi connectivity index (χ2n) is 8.29. The normalized spacial score (nSPS) is 21.1. The highest BCUT2D eigenvalue weighted by molar-refractivity contribution is 5.81. The van der Waals surface area contributed by atoms with Gasteiger partial charge in [-0.25, -0.2) is 4.79 Å². The molecule has 0 bridgehead atoms. The molecule has 1 saturated carbocycles. The Bertz CT molecular complexity index is 1040. The summed E-state index contributed by atoms with van der Waals surface area (Å²) in [6.45, 7) is 8.94. The van der Waals surface area contributed by atoms with Gasteiger partial charge in [-0.3, -0.25) is 14.2 Å². The Morgan fingerprint density at radius 2 is 1.81 bits per heavy atom. The number of amides is 1. The molecular formula is C23H33N3O5. The molecule has 1 aromatic carbocycles. The summed E-state index contributed by atoms with van der Waals surface area (Å²) in [4.78, 5) is 40.8. The zero-order chi connectivity index (χ0) is 22.5. The Labute approximate surface area is 181 Å². The first-order valence-electron chi connectivity index (χ1n) is 11.2. The fourth-order valence-electron chi connectivity index (χ4n) is 4.28. The monoisotopic (exact) mass is 431 g/mol. The van der Waals surface area contributed by atoms with Crippen molar-refractivity contribution in [3.8, 4) is 11.5 Å². The van der Waals surface area contributed by atoms with E-state index in [1.807, 2.05) is 13.8 Å². The topological polar surface area (TPSA) is 102 Å². The molecule has 1 aromatic heterocycles. The largest absolute Gasteiger partial charge is 0.490 e. The van der Waals surface area contributed by atoms with Crippen molar-refractivity contribution in [3.63, 3.8) is 0 Å². The third-order valence-electron chi connectivity index (χ3n) is 6.26. The summed E-state index contributed by atoms with van der Waals surface area (Å²) < 4.78 is 12.2. The van der Waals surface area contributed by atoms with Crippen LogP contribution < -0.4 is 26.0 Å². The Hall–Kier alpha value is -2.77. The first kappa shape index (κ1) is 22.9. The van der Waals surface area contributed by atoms with Crippen LogP contribution in [0.25, 0.3) is 10.9 Å². The molecule has 1 aliphatic rings. The zero-order valence-electron chi connectivity index (χ0n) is 18.8. The van der Waals surface area contributed by atoms with Crippen LogP contribution in [0.3, 0.4) is 0 Å². The summed E-state index contributed by atoms with van der Waals surface area (Å²) in [5.74, 6) is 1.77. The van der Waals surface area contributed by atoms with E-state index in [1.54, 1.807) is 12.1 Å². The number of nitrogens with zero attached hydrogens (tertiary/aromatic N) is 1. The van der Waals surface area contributed by atoms with Gasteiger partial charge in [0.25, 0.3) is 5.56 Å². The van der Waals surface area contributed by atoms with E-state index < -0.39 is 11.2 Å². The SMILES string of the molecule is CCOc1cc2[nH]c(=O)n(CCC(=O)N[C@@H]3CCC[C@@H](C)[C@H]3C)c(=O)c2cc1OCC. The molecule has 2 N–H and O–H groups in total. The molecule has 0 spiro atoms. The van der Waals surface area contributed by atoms with Crippen molar-refractivity contribution in [2.24, 2.45) is 11.8 Å². The number of nitrogens with one attached hydrogen (secondary N) is 2. The van der Waals surface area contributed by atoms with Gasteiger partial charge in [0.05, 0.1) is 24.1 Å². The van der Waals surface area contributed by atoms with Crippen molar-refractivity contribution in [1.82, 2.24) is 14.9 Å².